The molecule has 1 aromatic heterocycles. The Balaban J connectivity index is 2.03. The lowest BCUT2D eigenvalue weighted by Gasteiger charge is -2.07. The minimum absolute atomic E-state index is 0.306. The highest BCUT2D eigenvalue weighted by atomic mass is 32.1. The van der Waals surface area contributed by atoms with E-state index in [9.17, 15) is 13.2 Å². The van der Waals surface area contributed by atoms with Crippen molar-refractivity contribution in [1.29, 1.82) is 0 Å². The van der Waals surface area contributed by atoms with Crippen LogP contribution in [0.3, 0.4) is 0 Å². The van der Waals surface area contributed by atoms with Crippen LogP contribution < -0.4 is 0 Å². The van der Waals surface area contributed by atoms with Gasteiger partial charge in [-0.25, -0.2) is 8.78 Å². The second-order valence-electron chi connectivity index (χ2n) is 4.74. The highest BCUT2D eigenvalue weighted by Crippen LogP contribution is 2.33. The van der Waals surface area contributed by atoms with E-state index in [0.717, 1.165) is 11.3 Å². The Kier molecular flexibility index (Phi) is 3.86. The lowest BCUT2D eigenvalue weighted by molar-refractivity contribution is 0.626. The van der Waals surface area contributed by atoms with Crippen molar-refractivity contribution in [3.8, 4) is 21.6 Å². The van der Waals surface area contributed by atoms with Crippen LogP contribution in [0.2, 0.25) is 0 Å². The molecular formula is C18H11F3S. The Morgan fingerprint density at radius 3 is 2.14 bits per heavy atom. The van der Waals surface area contributed by atoms with E-state index < -0.39 is 11.6 Å². The highest BCUT2D eigenvalue weighted by molar-refractivity contribution is 7.13. The molecule has 0 unspecified atom stereocenters. The van der Waals surface area contributed by atoms with E-state index in [1.807, 2.05) is 0 Å². The molecule has 0 saturated heterocycles. The largest absolute Gasteiger partial charge is 0.206 e. The number of thiophene rings is 1. The van der Waals surface area contributed by atoms with Gasteiger partial charge in [-0.15, -0.1) is 11.3 Å². The zero-order valence-corrected chi connectivity index (χ0v) is 12.3. The number of hydrogen-bond acceptors (Lipinski definition) is 1. The number of benzene rings is 2. The van der Waals surface area contributed by atoms with Crippen LogP contribution in [-0.2, 0) is 0 Å². The summed E-state index contributed by atoms with van der Waals surface area (Å²) in [5, 5.41) is -0.371. The second-order valence-corrected chi connectivity index (χ2v) is 5.78. The molecule has 110 valence electrons. The van der Waals surface area contributed by atoms with Crippen LogP contribution in [0.15, 0.2) is 55.1 Å². The molecule has 0 aliphatic rings. The quantitative estimate of drug-likeness (QED) is 0.544. The lowest BCUT2D eigenvalue weighted by atomic mass is 10.0. The van der Waals surface area contributed by atoms with Gasteiger partial charge in [0.1, 0.15) is 11.6 Å². The summed E-state index contributed by atoms with van der Waals surface area (Å²) >= 11 is 0.873. The summed E-state index contributed by atoms with van der Waals surface area (Å²) < 4.78 is 41.4. The highest BCUT2D eigenvalue weighted by Gasteiger charge is 2.12. The van der Waals surface area contributed by atoms with Crippen LogP contribution in [-0.4, -0.2) is 0 Å². The minimum atomic E-state index is -0.508. The fraction of sp³-hybridized carbons (Fsp3) is 0. The zero-order chi connectivity index (χ0) is 15.7. The van der Waals surface area contributed by atoms with Gasteiger partial charge in [0.15, 0.2) is 5.13 Å². The van der Waals surface area contributed by atoms with Crippen molar-refractivity contribution in [2.75, 3.05) is 0 Å². The molecule has 3 aromatic rings. The van der Waals surface area contributed by atoms with Crippen molar-refractivity contribution in [3.63, 3.8) is 0 Å². The summed E-state index contributed by atoms with van der Waals surface area (Å²) in [7, 11) is 0. The van der Waals surface area contributed by atoms with E-state index in [2.05, 4.69) is 6.58 Å². The first-order chi connectivity index (χ1) is 10.6. The molecule has 0 atom stereocenters. The molecule has 0 N–H and O–H groups in total. The fourth-order valence-electron chi connectivity index (χ4n) is 2.23. The average molecular weight is 316 g/mol. The molecule has 0 nitrogen and oxygen atoms in total. The SMILES string of the molecule is C=Cc1ccc(-c2ccc(-c3ccc(F)s3)c(F)c2)c(F)c1. The predicted molar refractivity (Wildman–Crippen MR) is 85.2 cm³/mol. The molecular weight excluding hydrogens is 305 g/mol. The van der Waals surface area contributed by atoms with Gasteiger partial charge in [0.2, 0.25) is 0 Å². The molecule has 0 aliphatic carbocycles. The van der Waals surface area contributed by atoms with Crippen LogP contribution in [0.25, 0.3) is 27.6 Å². The smallest absolute Gasteiger partial charge is 0.176 e. The third-order valence-electron chi connectivity index (χ3n) is 3.35. The first-order valence-electron chi connectivity index (χ1n) is 6.56. The second kappa shape index (κ2) is 5.81. The Hall–Kier alpha value is -2.33. The molecule has 0 aliphatic heterocycles. The van der Waals surface area contributed by atoms with E-state index in [1.165, 1.54) is 30.3 Å². The normalized spacial score (nSPS) is 10.7. The van der Waals surface area contributed by atoms with E-state index >= 15 is 0 Å². The van der Waals surface area contributed by atoms with Crippen molar-refractivity contribution < 1.29 is 13.2 Å². The number of hydrogen-bond donors (Lipinski definition) is 0. The summed E-state index contributed by atoms with van der Waals surface area (Å²) in [6, 6.07) is 11.9. The van der Waals surface area contributed by atoms with Gasteiger partial charge in [0.05, 0.1) is 0 Å². The summed E-state index contributed by atoms with van der Waals surface area (Å²) in [5.74, 6) is -0.946. The topological polar surface area (TPSA) is 0 Å². The monoisotopic (exact) mass is 316 g/mol. The molecule has 4 heteroatoms. The molecule has 0 amide bonds. The van der Waals surface area contributed by atoms with Crippen molar-refractivity contribution in [1.82, 2.24) is 0 Å². The Labute approximate surface area is 130 Å². The molecule has 3 rings (SSSR count). The van der Waals surface area contributed by atoms with Gasteiger partial charge in [0, 0.05) is 16.0 Å². The van der Waals surface area contributed by atoms with Crippen molar-refractivity contribution >= 4 is 17.4 Å². The molecule has 2 aromatic carbocycles. The minimum Gasteiger partial charge on any atom is -0.206 e. The van der Waals surface area contributed by atoms with Crippen LogP contribution in [0, 0.1) is 16.8 Å². The Morgan fingerprint density at radius 2 is 1.55 bits per heavy atom. The van der Waals surface area contributed by atoms with Gasteiger partial charge in [0.25, 0.3) is 0 Å². The van der Waals surface area contributed by atoms with E-state index in [-0.39, 0.29) is 5.13 Å². The van der Waals surface area contributed by atoms with Crippen LogP contribution in [0.1, 0.15) is 5.56 Å². The standard InChI is InChI=1S/C18H11F3S/c1-2-11-3-5-13(15(19)9-11)12-4-6-14(16(20)10-12)17-7-8-18(21)22-17/h2-10H,1H2. The first kappa shape index (κ1) is 14.6. The molecule has 1 heterocycles. The summed E-state index contributed by atoms with van der Waals surface area (Å²) in [6.45, 7) is 3.58. The molecule has 22 heavy (non-hydrogen) atoms. The third kappa shape index (κ3) is 2.70. The van der Waals surface area contributed by atoms with E-state index in [0.29, 0.717) is 27.1 Å². The Morgan fingerprint density at radius 1 is 0.818 bits per heavy atom. The lowest BCUT2D eigenvalue weighted by Crippen LogP contribution is -1.88. The van der Waals surface area contributed by atoms with Gasteiger partial charge in [-0.1, -0.05) is 30.9 Å². The van der Waals surface area contributed by atoms with Crippen LogP contribution in [0.5, 0.6) is 0 Å². The first-order valence-corrected chi connectivity index (χ1v) is 7.38. The van der Waals surface area contributed by atoms with Crippen molar-refractivity contribution in [2.24, 2.45) is 0 Å². The summed E-state index contributed by atoms with van der Waals surface area (Å²) in [6.07, 6.45) is 1.54. The predicted octanol–water partition coefficient (Wildman–Crippen LogP) is 6.14. The van der Waals surface area contributed by atoms with Gasteiger partial charge in [-0.3, -0.25) is 0 Å². The molecule has 0 bridgehead atoms. The maximum atomic E-state index is 14.3. The number of rotatable bonds is 3. The molecule has 0 radical (unpaired) electrons. The Bertz CT molecular complexity index is 849. The molecule has 0 spiro atoms. The van der Waals surface area contributed by atoms with Crippen molar-refractivity contribution in [2.45, 2.75) is 0 Å². The summed E-state index contributed by atoms with van der Waals surface area (Å²) in [4.78, 5) is 0.504. The third-order valence-corrected chi connectivity index (χ3v) is 4.25. The van der Waals surface area contributed by atoms with Crippen LogP contribution in [0.4, 0.5) is 13.2 Å². The van der Waals surface area contributed by atoms with E-state index in [4.69, 9.17) is 0 Å². The molecule has 0 fully saturated rings. The van der Waals surface area contributed by atoms with Gasteiger partial charge in [-0.05, 0) is 41.5 Å². The maximum Gasteiger partial charge on any atom is 0.176 e. The van der Waals surface area contributed by atoms with Gasteiger partial charge >= 0.3 is 0 Å². The van der Waals surface area contributed by atoms with Crippen molar-refractivity contribution in [3.05, 3.63) is 77.4 Å². The zero-order valence-electron chi connectivity index (χ0n) is 11.4. The van der Waals surface area contributed by atoms with E-state index in [1.54, 1.807) is 24.3 Å². The maximum absolute atomic E-state index is 14.3. The molecule has 0 saturated carbocycles. The van der Waals surface area contributed by atoms with Gasteiger partial charge < -0.3 is 0 Å². The summed E-state index contributed by atoms with van der Waals surface area (Å²) in [5.41, 5.74) is 1.72. The van der Waals surface area contributed by atoms with Gasteiger partial charge in [-0.2, -0.15) is 4.39 Å². The fourth-order valence-corrected chi connectivity index (χ4v) is 2.99. The van der Waals surface area contributed by atoms with Crippen LogP contribution >= 0.6 is 11.3 Å². The average Bonchev–Trinajstić information content (AvgIpc) is 2.93. The number of halogens is 3.